The van der Waals surface area contributed by atoms with Gasteiger partial charge in [0.25, 0.3) is 0 Å². The maximum Gasteiger partial charge on any atom is 0.409 e. The third kappa shape index (κ3) is 6.21. The maximum atomic E-state index is 11.6. The molecule has 8 heteroatoms. The molecule has 28 heavy (non-hydrogen) atoms. The topological polar surface area (TPSA) is 84.4 Å². The number of ether oxygens (including phenoxy) is 3. The number of hydrogen-bond donors (Lipinski definition) is 2. The second-order valence-corrected chi connectivity index (χ2v) is 6.49. The van der Waals surface area contributed by atoms with Crippen molar-refractivity contribution < 1.29 is 19.0 Å². The van der Waals surface area contributed by atoms with Gasteiger partial charge in [-0.2, -0.15) is 0 Å². The standard InChI is InChI=1S/C20H32N4O4/c1-5-21-19(23-16-9-11-24(12-10-16)20(25)27-4)22-14-15-7-8-17(26-3)18(13-15)28-6-2/h7-8,13,16H,5-6,9-12,14H2,1-4H3,(H2,21,22,23). The molecule has 1 fully saturated rings. The molecule has 0 aliphatic carbocycles. The summed E-state index contributed by atoms with van der Waals surface area (Å²) in [5.41, 5.74) is 1.04. The number of guanidine groups is 1. The van der Waals surface area contributed by atoms with E-state index in [0.29, 0.717) is 26.2 Å². The van der Waals surface area contributed by atoms with Gasteiger partial charge in [-0.1, -0.05) is 6.07 Å². The zero-order valence-corrected chi connectivity index (χ0v) is 17.3. The van der Waals surface area contributed by atoms with Crippen LogP contribution in [-0.2, 0) is 11.3 Å². The number of rotatable bonds is 7. The first-order valence-corrected chi connectivity index (χ1v) is 9.78. The van der Waals surface area contributed by atoms with E-state index in [4.69, 9.17) is 19.2 Å². The minimum atomic E-state index is -0.261. The Morgan fingerprint density at radius 2 is 1.96 bits per heavy atom. The lowest BCUT2D eigenvalue weighted by molar-refractivity contribution is 0.111. The van der Waals surface area contributed by atoms with Crippen molar-refractivity contribution >= 4 is 12.1 Å². The van der Waals surface area contributed by atoms with Crippen LogP contribution in [0.1, 0.15) is 32.3 Å². The van der Waals surface area contributed by atoms with Crippen LogP contribution in [-0.4, -0.2) is 63.5 Å². The average molecular weight is 393 g/mol. The summed E-state index contributed by atoms with van der Waals surface area (Å²) in [6.07, 6.45) is 1.45. The normalized spacial score (nSPS) is 15.1. The molecular weight excluding hydrogens is 360 g/mol. The van der Waals surface area contributed by atoms with Gasteiger partial charge in [0.2, 0.25) is 0 Å². The highest BCUT2D eigenvalue weighted by atomic mass is 16.5. The Labute approximate surface area is 167 Å². The van der Waals surface area contributed by atoms with Gasteiger partial charge in [0.15, 0.2) is 17.5 Å². The fourth-order valence-electron chi connectivity index (χ4n) is 3.11. The van der Waals surface area contributed by atoms with Gasteiger partial charge >= 0.3 is 6.09 Å². The fourth-order valence-corrected chi connectivity index (χ4v) is 3.11. The summed E-state index contributed by atoms with van der Waals surface area (Å²) in [5, 5.41) is 6.76. The van der Waals surface area contributed by atoms with E-state index in [2.05, 4.69) is 10.6 Å². The van der Waals surface area contributed by atoms with Gasteiger partial charge in [-0.15, -0.1) is 0 Å². The zero-order valence-electron chi connectivity index (χ0n) is 17.3. The number of carbonyl (C=O) groups is 1. The third-order valence-corrected chi connectivity index (χ3v) is 4.56. The number of methoxy groups -OCH3 is 2. The number of likely N-dealkylation sites (tertiary alicyclic amines) is 1. The minimum Gasteiger partial charge on any atom is -0.493 e. The van der Waals surface area contributed by atoms with Gasteiger partial charge in [0, 0.05) is 25.7 Å². The average Bonchev–Trinajstić information content (AvgIpc) is 2.72. The van der Waals surface area contributed by atoms with Crippen LogP contribution in [0.3, 0.4) is 0 Å². The molecule has 1 aromatic rings. The lowest BCUT2D eigenvalue weighted by atomic mass is 10.1. The highest BCUT2D eigenvalue weighted by molar-refractivity contribution is 5.80. The van der Waals surface area contributed by atoms with Crippen molar-refractivity contribution in [3.63, 3.8) is 0 Å². The lowest BCUT2D eigenvalue weighted by Crippen LogP contribution is -2.49. The van der Waals surface area contributed by atoms with Gasteiger partial charge in [0.1, 0.15) is 0 Å². The third-order valence-electron chi connectivity index (χ3n) is 4.56. The fraction of sp³-hybridized carbons (Fsp3) is 0.600. The van der Waals surface area contributed by atoms with E-state index < -0.39 is 0 Å². The number of hydrogen-bond acceptors (Lipinski definition) is 5. The highest BCUT2D eigenvalue weighted by Gasteiger charge is 2.23. The summed E-state index contributed by atoms with van der Waals surface area (Å²) in [4.78, 5) is 18.0. The van der Waals surface area contributed by atoms with Crippen LogP contribution in [0.25, 0.3) is 0 Å². The van der Waals surface area contributed by atoms with Crippen LogP contribution in [0.5, 0.6) is 11.5 Å². The molecule has 0 spiro atoms. The Morgan fingerprint density at radius 3 is 2.57 bits per heavy atom. The molecule has 2 rings (SSSR count). The first kappa shape index (κ1) is 21.7. The second-order valence-electron chi connectivity index (χ2n) is 6.49. The number of aliphatic imine (C=N–C) groups is 1. The van der Waals surface area contributed by atoms with Crippen LogP contribution in [0.4, 0.5) is 4.79 Å². The molecular formula is C20H32N4O4. The summed E-state index contributed by atoms with van der Waals surface area (Å²) in [7, 11) is 3.05. The van der Waals surface area contributed by atoms with Crippen LogP contribution in [0.2, 0.25) is 0 Å². The molecule has 1 amide bonds. The first-order valence-electron chi connectivity index (χ1n) is 9.78. The molecule has 0 bridgehead atoms. The predicted octanol–water partition coefficient (Wildman–Crippen LogP) is 2.38. The van der Waals surface area contributed by atoms with E-state index in [-0.39, 0.29) is 12.1 Å². The van der Waals surface area contributed by atoms with Gasteiger partial charge in [-0.25, -0.2) is 9.79 Å². The first-order chi connectivity index (χ1) is 13.6. The molecule has 8 nitrogen and oxygen atoms in total. The van der Waals surface area contributed by atoms with E-state index in [1.807, 2.05) is 32.0 Å². The van der Waals surface area contributed by atoms with Gasteiger partial charge in [0.05, 0.1) is 27.4 Å². The van der Waals surface area contributed by atoms with Crippen molar-refractivity contribution in [3.05, 3.63) is 23.8 Å². The Morgan fingerprint density at radius 1 is 1.21 bits per heavy atom. The Hall–Kier alpha value is -2.64. The van der Waals surface area contributed by atoms with E-state index in [0.717, 1.165) is 42.4 Å². The van der Waals surface area contributed by atoms with Crippen molar-refractivity contribution in [2.45, 2.75) is 39.3 Å². The molecule has 0 saturated carbocycles. The van der Waals surface area contributed by atoms with Crippen molar-refractivity contribution in [1.29, 1.82) is 0 Å². The summed E-state index contributed by atoms with van der Waals surface area (Å²) in [6, 6.07) is 6.13. The van der Waals surface area contributed by atoms with Crippen LogP contribution < -0.4 is 20.1 Å². The number of nitrogens with zero attached hydrogens (tertiary/aromatic N) is 2. The molecule has 1 saturated heterocycles. The smallest absolute Gasteiger partial charge is 0.409 e. The second kappa shape index (κ2) is 11.3. The molecule has 0 radical (unpaired) electrons. The summed E-state index contributed by atoms with van der Waals surface area (Å²) >= 11 is 0. The van der Waals surface area contributed by atoms with Gasteiger partial charge < -0.3 is 29.7 Å². The summed E-state index contributed by atoms with van der Waals surface area (Å²) in [5.74, 6) is 2.22. The molecule has 1 aliphatic heterocycles. The molecule has 0 aromatic heterocycles. The number of carbonyl (C=O) groups excluding carboxylic acids is 1. The molecule has 1 aromatic carbocycles. The number of benzene rings is 1. The monoisotopic (exact) mass is 392 g/mol. The maximum absolute atomic E-state index is 11.6. The summed E-state index contributed by atoms with van der Waals surface area (Å²) < 4.78 is 15.8. The number of nitrogens with one attached hydrogen (secondary N) is 2. The van der Waals surface area contributed by atoms with E-state index >= 15 is 0 Å². The van der Waals surface area contributed by atoms with Crippen LogP contribution in [0, 0.1) is 0 Å². The lowest BCUT2D eigenvalue weighted by Gasteiger charge is -2.32. The quantitative estimate of drug-likeness (QED) is 0.548. The molecule has 1 heterocycles. The van der Waals surface area contributed by atoms with Crippen LogP contribution >= 0.6 is 0 Å². The predicted molar refractivity (Wildman–Crippen MR) is 109 cm³/mol. The summed E-state index contributed by atoms with van der Waals surface area (Å²) in [6.45, 7) is 7.23. The zero-order chi connectivity index (χ0) is 20.4. The molecule has 156 valence electrons. The minimum absolute atomic E-state index is 0.261. The van der Waals surface area contributed by atoms with Gasteiger partial charge in [-0.3, -0.25) is 0 Å². The SMILES string of the molecule is CCNC(=NCc1ccc(OC)c(OCC)c1)NC1CCN(C(=O)OC)CC1. The largest absolute Gasteiger partial charge is 0.493 e. The van der Waals surface area contributed by atoms with E-state index in [1.165, 1.54) is 7.11 Å². The number of amides is 1. The molecule has 0 unspecified atom stereocenters. The molecule has 1 aliphatic rings. The van der Waals surface area contributed by atoms with E-state index in [9.17, 15) is 4.79 Å². The van der Waals surface area contributed by atoms with Crippen molar-refractivity contribution in [3.8, 4) is 11.5 Å². The Balaban J connectivity index is 1.97. The van der Waals surface area contributed by atoms with Crippen molar-refractivity contribution in [2.75, 3.05) is 40.5 Å². The number of piperidine rings is 1. The Kier molecular flexibility index (Phi) is 8.71. The van der Waals surface area contributed by atoms with Crippen molar-refractivity contribution in [2.24, 2.45) is 4.99 Å². The van der Waals surface area contributed by atoms with Crippen LogP contribution in [0.15, 0.2) is 23.2 Å². The Bertz CT molecular complexity index is 658. The molecule has 0 atom stereocenters. The highest BCUT2D eigenvalue weighted by Crippen LogP contribution is 2.28. The van der Waals surface area contributed by atoms with Crippen molar-refractivity contribution in [1.82, 2.24) is 15.5 Å². The van der Waals surface area contributed by atoms with Gasteiger partial charge in [-0.05, 0) is 44.4 Å². The molecule has 2 N–H and O–H groups in total. The van der Waals surface area contributed by atoms with E-state index in [1.54, 1.807) is 12.0 Å².